The maximum absolute atomic E-state index is 13.6. The molecule has 7 N–H and O–H groups in total. The number of methoxy groups -OCH3 is 1. The first-order valence-electron chi connectivity index (χ1n) is 25.9. The molecule has 7 fully saturated rings. The van der Waals surface area contributed by atoms with E-state index in [9.17, 15) is 45.3 Å². The van der Waals surface area contributed by atoms with Crippen molar-refractivity contribution < 1.29 is 92.7 Å². The Morgan fingerprint density at radius 1 is 0.722 bits per heavy atom. The zero-order valence-corrected chi connectivity index (χ0v) is 42.6. The van der Waals surface area contributed by atoms with Gasteiger partial charge in [-0.05, 0) is 104 Å². The molecule has 20 heteroatoms. The van der Waals surface area contributed by atoms with E-state index in [0.717, 1.165) is 5.57 Å². The second-order valence-electron chi connectivity index (χ2n) is 22.5. The third kappa shape index (κ3) is 9.23. The predicted molar refractivity (Wildman–Crippen MR) is 249 cm³/mol. The molecule has 1 aromatic heterocycles. The lowest BCUT2D eigenvalue weighted by molar-refractivity contribution is -0.344. The van der Waals surface area contributed by atoms with Gasteiger partial charge in [0.05, 0.1) is 65.9 Å². The summed E-state index contributed by atoms with van der Waals surface area (Å²) in [5.74, 6) is -1.91. The van der Waals surface area contributed by atoms with Crippen molar-refractivity contribution in [2.45, 2.75) is 247 Å². The minimum atomic E-state index is -2.07. The van der Waals surface area contributed by atoms with Gasteiger partial charge in [0.1, 0.15) is 47.3 Å². The number of carbonyl (C=O) groups excluding carboxylic acids is 2. The van der Waals surface area contributed by atoms with E-state index in [1.807, 2.05) is 13.0 Å². The molecule has 3 saturated carbocycles. The number of hydrogen-bond acceptors (Lipinski definition) is 20. The number of aliphatic hydroxyl groups is 7. The minimum absolute atomic E-state index is 0.0269. The Morgan fingerprint density at radius 3 is 1.78 bits per heavy atom. The Balaban J connectivity index is 0.787. The van der Waals surface area contributed by atoms with Crippen molar-refractivity contribution in [3.05, 3.63) is 41.7 Å². The van der Waals surface area contributed by atoms with Crippen LogP contribution in [-0.2, 0) is 52.2 Å². The zero-order valence-electron chi connectivity index (χ0n) is 42.6. The lowest BCUT2D eigenvalue weighted by atomic mass is 9.42. The second kappa shape index (κ2) is 20.4. The van der Waals surface area contributed by atoms with Gasteiger partial charge in [0, 0.05) is 51.1 Å². The van der Waals surface area contributed by atoms with Gasteiger partial charge in [0.2, 0.25) is 0 Å². The lowest BCUT2D eigenvalue weighted by Gasteiger charge is -2.67. The summed E-state index contributed by atoms with van der Waals surface area (Å²) < 4.78 is 61.2. The SMILES string of the molecule is CO[C@H]1C[C@@H](O[C@@H]2[C@@H](O)C[C@@H](O[C@@H]3[C@@H](O)C[C@@H](O[C@@H]4[C@@H](O)C[C@@H](O[C@H]5CC[C@@]6(C)C(=CC[C@]7(O)[C@@H]6C[C@@H](OC(=O)c6cccnc6)[C@@]6(C)[C@]7(O)CC[C@]6(O)C(C)=O)C5)O[C@@H]4C)O[C@@H]3C)O[C@@H]2C)O[C@H](C)[C@@H]1O. The number of pyridine rings is 1. The van der Waals surface area contributed by atoms with Gasteiger partial charge in [-0.3, -0.25) is 9.78 Å². The average molecular weight is 1020 g/mol. The molecule has 0 spiro atoms. The van der Waals surface area contributed by atoms with Gasteiger partial charge >= 0.3 is 5.97 Å². The van der Waals surface area contributed by atoms with Gasteiger partial charge in [-0.2, -0.15) is 0 Å². The molecule has 8 aliphatic rings. The summed E-state index contributed by atoms with van der Waals surface area (Å²) in [5, 5.41) is 82.1. The Hall–Kier alpha value is -2.61. The molecule has 4 aliphatic heterocycles. The van der Waals surface area contributed by atoms with Crippen LogP contribution < -0.4 is 0 Å². The molecule has 1 aromatic rings. The van der Waals surface area contributed by atoms with Crippen LogP contribution in [0.2, 0.25) is 0 Å². The highest BCUT2D eigenvalue weighted by Crippen LogP contribution is 2.71. The van der Waals surface area contributed by atoms with Gasteiger partial charge in [-0.15, -0.1) is 0 Å². The Labute approximate surface area is 420 Å². The first-order valence-corrected chi connectivity index (χ1v) is 25.9. The molecule has 4 saturated heterocycles. The van der Waals surface area contributed by atoms with Crippen molar-refractivity contribution in [2.24, 2.45) is 16.7 Å². The first kappa shape index (κ1) is 54.2. The fourth-order valence-corrected chi connectivity index (χ4v) is 14.1. The van der Waals surface area contributed by atoms with Crippen molar-refractivity contribution in [2.75, 3.05) is 7.11 Å². The number of Topliss-reactive ketones (excluding diaryl/α,β-unsaturated/α-hetero) is 1. The molecule has 9 rings (SSSR count). The predicted octanol–water partition coefficient (Wildman–Crippen LogP) is 2.27. The smallest absolute Gasteiger partial charge is 0.339 e. The molecule has 0 radical (unpaired) electrons. The Bertz CT molecular complexity index is 2100. The largest absolute Gasteiger partial charge is 0.458 e. The highest BCUT2D eigenvalue weighted by molar-refractivity contribution is 5.90. The topological polar surface area (TPSA) is 281 Å². The van der Waals surface area contributed by atoms with E-state index in [2.05, 4.69) is 4.98 Å². The molecule has 4 aliphatic carbocycles. The van der Waals surface area contributed by atoms with Crippen LogP contribution in [0.4, 0.5) is 0 Å². The average Bonchev–Trinajstić information content (AvgIpc) is 3.56. The number of esters is 1. The third-order valence-corrected chi connectivity index (χ3v) is 18.4. The number of ether oxygens (including phenoxy) is 10. The van der Waals surface area contributed by atoms with E-state index in [1.165, 1.54) is 26.4 Å². The monoisotopic (exact) mass is 1020 g/mol. The number of ketones is 1. The molecule has 0 amide bonds. The molecule has 20 nitrogen and oxygen atoms in total. The van der Waals surface area contributed by atoms with Gasteiger partial charge < -0.3 is 83.1 Å². The number of fused-ring (bicyclic) bond motifs is 5. The summed E-state index contributed by atoms with van der Waals surface area (Å²) >= 11 is 0. The van der Waals surface area contributed by atoms with Crippen LogP contribution in [0.3, 0.4) is 0 Å². The van der Waals surface area contributed by atoms with E-state index < -0.39 is 150 Å². The lowest BCUT2D eigenvalue weighted by Crippen LogP contribution is -2.78. The molecule has 0 aromatic carbocycles. The number of rotatable bonds is 12. The van der Waals surface area contributed by atoms with Gasteiger partial charge in [0.25, 0.3) is 0 Å². The van der Waals surface area contributed by atoms with Crippen molar-refractivity contribution in [3.8, 4) is 0 Å². The number of nitrogens with zero attached hydrogens (tertiary/aromatic N) is 1. The van der Waals surface area contributed by atoms with Crippen LogP contribution in [0.1, 0.15) is 129 Å². The second-order valence-corrected chi connectivity index (χ2v) is 22.5. The quantitative estimate of drug-likeness (QED) is 0.117. The number of aliphatic hydroxyl groups excluding tert-OH is 4. The summed E-state index contributed by atoms with van der Waals surface area (Å²) in [4.78, 5) is 30.9. The fourth-order valence-electron chi connectivity index (χ4n) is 14.1. The van der Waals surface area contributed by atoms with E-state index >= 15 is 0 Å². The summed E-state index contributed by atoms with van der Waals surface area (Å²) in [6.45, 7) is 11.9. The van der Waals surface area contributed by atoms with Gasteiger partial charge in [-0.25, -0.2) is 4.79 Å². The molecular weight excluding hydrogens is 943 g/mol. The molecule has 24 atom stereocenters. The zero-order chi connectivity index (χ0) is 51.9. The van der Waals surface area contributed by atoms with Crippen LogP contribution in [0.15, 0.2) is 36.2 Å². The van der Waals surface area contributed by atoms with E-state index in [4.69, 9.17) is 47.4 Å². The minimum Gasteiger partial charge on any atom is -0.458 e. The van der Waals surface area contributed by atoms with Crippen LogP contribution in [0.5, 0.6) is 0 Å². The summed E-state index contributed by atoms with van der Waals surface area (Å²) in [5.41, 5.74) is -7.08. The molecule has 0 unspecified atom stereocenters. The van der Waals surface area contributed by atoms with Crippen LogP contribution in [0, 0.1) is 16.7 Å². The van der Waals surface area contributed by atoms with Crippen molar-refractivity contribution in [1.29, 1.82) is 0 Å². The van der Waals surface area contributed by atoms with Crippen molar-refractivity contribution >= 4 is 11.8 Å². The summed E-state index contributed by atoms with van der Waals surface area (Å²) in [6.07, 6.45) is -7.05. The van der Waals surface area contributed by atoms with Crippen LogP contribution >= 0.6 is 0 Å². The van der Waals surface area contributed by atoms with Gasteiger partial charge in [-0.1, -0.05) is 18.6 Å². The Morgan fingerprint density at radius 2 is 1.26 bits per heavy atom. The van der Waals surface area contributed by atoms with Crippen molar-refractivity contribution in [3.63, 3.8) is 0 Å². The summed E-state index contributed by atoms with van der Waals surface area (Å²) in [7, 11) is 1.51. The highest BCUT2D eigenvalue weighted by atomic mass is 16.8. The maximum atomic E-state index is 13.6. The standard InChI is InChI=1S/C52H77NO19/c1-25-43(58)36(63-8)22-42(64-25)72-46-28(4)67-41(21-35(46)57)71-45-27(3)66-40(20-34(45)56)70-44-26(2)65-39(19-33(44)55)68-32-12-13-48(6)31(18-32)11-14-51(61)37(48)23-38(69-47(59)30-10-9-17-53-24-30)49(7)50(60,29(5)54)15-16-52(49,51)62/h9-11,17,24-28,32-46,55-58,60-62H,12-16,18-23H2,1-8H3/t25-,26-,27-,28-,32+,33+,34+,35+,36+,37-,38-,39-,40-,41-,42-,43+,44+,45+,46+,48+,49-,50+,51+,52-/m1/s1. The molecule has 404 valence electrons. The van der Waals surface area contributed by atoms with Crippen LogP contribution in [-0.4, -0.2) is 187 Å². The van der Waals surface area contributed by atoms with Crippen molar-refractivity contribution in [1.82, 2.24) is 4.98 Å². The van der Waals surface area contributed by atoms with E-state index in [-0.39, 0.29) is 63.0 Å². The first-order chi connectivity index (χ1) is 34.0. The molecule has 5 heterocycles. The Kier molecular flexibility index (Phi) is 15.4. The highest BCUT2D eigenvalue weighted by Gasteiger charge is 2.81. The molecule has 0 bridgehead atoms. The normalized spacial score (nSPS) is 50.5. The number of hydrogen-bond donors (Lipinski definition) is 7. The third-order valence-electron chi connectivity index (χ3n) is 18.4. The maximum Gasteiger partial charge on any atom is 0.339 e. The number of carbonyl (C=O) groups is 2. The molecular formula is C52H77NO19. The van der Waals surface area contributed by atoms with E-state index in [1.54, 1.807) is 46.8 Å². The van der Waals surface area contributed by atoms with E-state index in [0.29, 0.717) is 19.3 Å². The molecule has 72 heavy (non-hydrogen) atoms. The van der Waals surface area contributed by atoms with Crippen LogP contribution in [0.25, 0.3) is 0 Å². The fraction of sp³-hybridized carbons (Fsp3) is 0.827. The number of aromatic nitrogens is 1. The van der Waals surface area contributed by atoms with Gasteiger partial charge in [0.15, 0.2) is 30.9 Å². The summed E-state index contributed by atoms with van der Waals surface area (Å²) in [6, 6.07) is 3.16.